The third kappa shape index (κ3) is 3.71. The number of rotatable bonds is 6. The van der Waals surface area contributed by atoms with Crippen molar-refractivity contribution in [1.82, 2.24) is 4.90 Å². The fourth-order valence-corrected chi connectivity index (χ4v) is 3.20. The van der Waals surface area contributed by atoms with Gasteiger partial charge in [0.05, 0.1) is 6.54 Å². The molecule has 2 N–H and O–H groups in total. The molecule has 1 heterocycles. The topological polar surface area (TPSA) is 46.3 Å². The Morgan fingerprint density at radius 3 is 2.62 bits per heavy atom. The fourth-order valence-electron chi connectivity index (χ4n) is 2.50. The van der Waals surface area contributed by atoms with Gasteiger partial charge in [-0.15, -0.1) is 11.3 Å². The van der Waals surface area contributed by atoms with Gasteiger partial charge in [0.1, 0.15) is 0 Å². The minimum absolute atomic E-state index is 0.169. The zero-order chi connectivity index (χ0) is 14.7. The van der Waals surface area contributed by atoms with Crippen LogP contribution in [0.3, 0.4) is 0 Å². The first-order chi connectivity index (χ1) is 10.2. The van der Waals surface area contributed by atoms with Crippen LogP contribution < -0.4 is 5.73 Å². The summed E-state index contributed by atoms with van der Waals surface area (Å²) >= 11 is 1.70. The lowest BCUT2D eigenvalue weighted by Crippen LogP contribution is -2.34. The van der Waals surface area contributed by atoms with E-state index < -0.39 is 0 Å². The minimum Gasteiger partial charge on any atom is -0.335 e. The van der Waals surface area contributed by atoms with Gasteiger partial charge in [-0.05, 0) is 29.9 Å². The Morgan fingerprint density at radius 1 is 1.24 bits per heavy atom. The summed E-state index contributed by atoms with van der Waals surface area (Å²) in [5.74, 6) is 0.169. The highest BCUT2D eigenvalue weighted by Gasteiger charge is 2.33. The van der Waals surface area contributed by atoms with Crippen molar-refractivity contribution in [2.45, 2.75) is 37.9 Å². The summed E-state index contributed by atoms with van der Waals surface area (Å²) in [4.78, 5) is 15.8. The van der Waals surface area contributed by atoms with E-state index in [4.69, 9.17) is 5.73 Å². The quantitative estimate of drug-likeness (QED) is 0.889. The number of benzene rings is 1. The van der Waals surface area contributed by atoms with Crippen LogP contribution in [0, 0.1) is 0 Å². The summed E-state index contributed by atoms with van der Waals surface area (Å²) in [5, 5.41) is 2.06. The second kappa shape index (κ2) is 6.41. The summed E-state index contributed by atoms with van der Waals surface area (Å²) in [6, 6.07) is 14.2. The van der Waals surface area contributed by atoms with Crippen LogP contribution in [0.15, 0.2) is 47.8 Å². The van der Waals surface area contributed by atoms with Crippen molar-refractivity contribution in [2.24, 2.45) is 5.73 Å². The van der Waals surface area contributed by atoms with E-state index in [1.54, 1.807) is 11.3 Å². The second-order valence-electron chi connectivity index (χ2n) is 5.55. The number of amides is 1. The predicted octanol–water partition coefficient (Wildman–Crippen LogP) is 3.33. The van der Waals surface area contributed by atoms with E-state index in [-0.39, 0.29) is 11.9 Å². The number of hydrogen-bond acceptors (Lipinski definition) is 3. The van der Waals surface area contributed by atoms with Crippen LogP contribution >= 0.6 is 11.3 Å². The molecule has 0 spiro atoms. The number of carbonyl (C=O) groups excluding carboxylic acids is 1. The van der Waals surface area contributed by atoms with Crippen molar-refractivity contribution in [1.29, 1.82) is 0 Å². The van der Waals surface area contributed by atoms with E-state index >= 15 is 0 Å². The summed E-state index contributed by atoms with van der Waals surface area (Å²) in [5.41, 5.74) is 7.21. The standard InChI is InChI=1S/C17H20N2OS/c18-16(13-5-2-1-3-6-13)11-17(20)19(14-8-9-14)12-15-7-4-10-21-15/h1-7,10,14,16H,8-9,11-12,18H2. The van der Waals surface area contributed by atoms with Crippen molar-refractivity contribution in [3.63, 3.8) is 0 Å². The molecule has 1 fully saturated rings. The SMILES string of the molecule is NC(CC(=O)N(Cc1cccs1)C1CC1)c1ccccc1. The number of thiophene rings is 1. The molecule has 0 saturated heterocycles. The minimum atomic E-state index is -0.219. The van der Waals surface area contributed by atoms with E-state index in [1.165, 1.54) is 4.88 Å². The Kier molecular flexibility index (Phi) is 4.36. The van der Waals surface area contributed by atoms with Gasteiger partial charge in [0.2, 0.25) is 5.91 Å². The van der Waals surface area contributed by atoms with Gasteiger partial charge in [0.15, 0.2) is 0 Å². The Hall–Kier alpha value is -1.65. The highest BCUT2D eigenvalue weighted by Crippen LogP contribution is 2.30. The molecule has 1 atom stereocenters. The lowest BCUT2D eigenvalue weighted by molar-refractivity contribution is -0.132. The highest BCUT2D eigenvalue weighted by atomic mass is 32.1. The number of hydrogen-bond donors (Lipinski definition) is 1. The molecule has 21 heavy (non-hydrogen) atoms. The van der Waals surface area contributed by atoms with Gasteiger partial charge in [-0.3, -0.25) is 4.79 Å². The Labute approximate surface area is 129 Å². The molecule has 2 aromatic rings. The summed E-state index contributed by atoms with van der Waals surface area (Å²) < 4.78 is 0. The van der Waals surface area contributed by atoms with Gasteiger partial charge in [0, 0.05) is 23.4 Å². The molecule has 1 unspecified atom stereocenters. The van der Waals surface area contributed by atoms with E-state index in [0.717, 1.165) is 24.9 Å². The molecule has 1 aliphatic rings. The van der Waals surface area contributed by atoms with Crippen molar-refractivity contribution in [2.75, 3.05) is 0 Å². The van der Waals surface area contributed by atoms with Gasteiger partial charge in [0.25, 0.3) is 0 Å². The molecule has 110 valence electrons. The maximum absolute atomic E-state index is 12.6. The smallest absolute Gasteiger partial charge is 0.225 e. The van der Waals surface area contributed by atoms with Crippen molar-refractivity contribution in [3.8, 4) is 0 Å². The molecular formula is C17H20N2OS. The van der Waals surface area contributed by atoms with E-state index in [9.17, 15) is 4.79 Å². The molecule has 0 aliphatic heterocycles. The molecule has 1 aromatic carbocycles. The van der Waals surface area contributed by atoms with Gasteiger partial charge < -0.3 is 10.6 Å². The predicted molar refractivity (Wildman–Crippen MR) is 85.9 cm³/mol. The van der Waals surface area contributed by atoms with Crippen molar-refractivity contribution >= 4 is 17.2 Å². The van der Waals surface area contributed by atoms with Crippen LogP contribution in [0.4, 0.5) is 0 Å². The molecule has 1 saturated carbocycles. The Morgan fingerprint density at radius 2 is 2.00 bits per heavy atom. The van der Waals surface area contributed by atoms with Crippen LogP contribution in [-0.2, 0) is 11.3 Å². The van der Waals surface area contributed by atoms with Crippen LogP contribution in [-0.4, -0.2) is 16.8 Å². The molecule has 0 radical (unpaired) electrons. The van der Waals surface area contributed by atoms with Gasteiger partial charge in [-0.1, -0.05) is 36.4 Å². The number of nitrogens with two attached hydrogens (primary N) is 1. The summed E-state index contributed by atoms with van der Waals surface area (Å²) in [6.07, 6.45) is 2.63. The first-order valence-corrected chi connectivity index (χ1v) is 8.24. The molecule has 1 aromatic heterocycles. The largest absolute Gasteiger partial charge is 0.335 e. The number of nitrogens with zero attached hydrogens (tertiary/aromatic N) is 1. The van der Waals surface area contributed by atoms with Crippen molar-refractivity contribution in [3.05, 3.63) is 58.3 Å². The summed E-state index contributed by atoms with van der Waals surface area (Å²) in [7, 11) is 0. The van der Waals surface area contributed by atoms with Crippen LogP contribution in [0.1, 0.15) is 35.7 Å². The average molecular weight is 300 g/mol. The van der Waals surface area contributed by atoms with Gasteiger partial charge in [-0.25, -0.2) is 0 Å². The van der Waals surface area contributed by atoms with E-state index in [0.29, 0.717) is 12.5 Å². The molecule has 4 heteroatoms. The van der Waals surface area contributed by atoms with Crippen LogP contribution in [0.25, 0.3) is 0 Å². The third-order valence-electron chi connectivity index (χ3n) is 3.84. The van der Waals surface area contributed by atoms with Crippen LogP contribution in [0.5, 0.6) is 0 Å². The zero-order valence-electron chi connectivity index (χ0n) is 11.9. The molecule has 0 bridgehead atoms. The average Bonchev–Trinajstić information content (AvgIpc) is 3.21. The zero-order valence-corrected chi connectivity index (χ0v) is 12.8. The second-order valence-corrected chi connectivity index (χ2v) is 6.59. The van der Waals surface area contributed by atoms with Crippen LogP contribution in [0.2, 0.25) is 0 Å². The molecule has 1 aliphatic carbocycles. The summed E-state index contributed by atoms with van der Waals surface area (Å²) in [6.45, 7) is 0.725. The van der Waals surface area contributed by atoms with Crippen molar-refractivity contribution < 1.29 is 4.79 Å². The van der Waals surface area contributed by atoms with Gasteiger partial charge in [-0.2, -0.15) is 0 Å². The fraction of sp³-hybridized carbons (Fsp3) is 0.353. The number of carbonyl (C=O) groups is 1. The third-order valence-corrected chi connectivity index (χ3v) is 4.70. The first kappa shape index (κ1) is 14.3. The molecular weight excluding hydrogens is 280 g/mol. The first-order valence-electron chi connectivity index (χ1n) is 7.36. The molecule has 3 nitrogen and oxygen atoms in total. The van der Waals surface area contributed by atoms with E-state index in [1.807, 2.05) is 41.3 Å². The highest BCUT2D eigenvalue weighted by molar-refractivity contribution is 7.09. The lowest BCUT2D eigenvalue weighted by atomic mass is 10.0. The monoisotopic (exact) mass is 300 g/mol. The Balaban J connectivity index is 1.64. The maximum Gasteiger partial charge on any atom is 0.225 e. The maximum atomic E-state index is 12.6. The molecule has 1 amide bonds. The normalized spacial score (nSPS) is 15.7. The van der Waals surface area contributed by atoms with Gasteiger partial charge >= 0.3 is 0 Å². The van der Waals surface area contributed by atoms with E-state index in [2.05, 4.69) is 11.4 Å². The lowest BCUT2D eigenvalue weighted by Gasteiger charge is -2.23. The Bertz CT molecular complexity index is 578. The molecule has 3 rings (SSSR count).